The normalized spacial score (nSPS) is 20.9. The van der Waals surface area contributed by atoms with Crippen LogP contribution in [0.1, 0.15) is 51.9 Å². The highest BCUT2D eigenvalue weighted by Gasteiger charge is 2.26. The second-order valence-electron chi connectivity index (χ2n) is 4.96. The molecule has 1 aliphatic rings. The minimum Gasteiger partial charge on any atom is -0.317 e. The number of nitrogens with one attached hydrogen (secondary N) is 1. The third kappa shape index (κ3) is 4.42. The third-order valence-electron chi connectivity index (χ3n) is 3.62. The number of rotatable bonds is 6. The molecule has 1 aliphatic carbocycles. The van der Waals surface area contributed by atoms with Gasteiger partial charge in [0, 0.05) is 6.04 Å². The van der Waals surface area contributed by atoms with E-state index in [9.17, 15) is 8.42 Å². The average Bonchev–Trinajstić information content (AvgIpc) is 2.30. The first-order chi connectivity index (χ1) is 7.56. The van der Waals surface area contributed by atoms with E-state index < -0.39 is 9.84 Å². The van der Waals surface area contributed by atoms with Crippen molar-refractivity contribution in [3.63, 3.8) is 0 Å². The zero-order valence-electron chi connectivity index (χ0n) is 10.5. The Morgan fingerprint density at radius 3 is 2.44 bits per heavy atom. The Hall–Kier alpha value is -0.0900. The molecule has 0 radical (unpaired) electrons. The number of hydrogen-bond acceptors (Lipinski definition) is 3. The predicted molar refractivity (Wildman–Crippen MR) is 68.4 cm³/mol. The van der Waals surface area contributed by atoms with Crippen LogP contribution in [0.5, 0.6) is 0 Å². The molecule has 1 atom stereocenters. The van der Waals surface area contributed by atoms with Crippen LogP contribution in [-0.4, -0.2) is 32.5 Å². The maximum absolute atomic E-state index is 12.0. The lowest BCUT2D eigenvalue weighted by Gasteiger charge is -2.22. The van der Waals surface area contributed by atoms with Crippen molar-refractivity contribution in [3.8, 4) is 0 Å². The molecular weight excluding hydrogens is 222 g/mol. The Labute approximate surface area is 99.9 Å². The zero-order chi connectivity index (χ0) is 12.0. The molecule has 1 rings (SSSR count). The van der Waals surface area contributed by atoms with Crippen molar-refractivity contribution < 1.29 is 8.42 Å². The van der Waals surface area contributed by atoms with Crippen LogP contribution in [0.25, 0.3) is 0 Å². The molecule has 1 fully saturated rings. The van der Waals surface area contributed by atoms with Gasteiger partial charge in [-0.25, -0.2) is 8.42 Å². The summed E-state index contributed by atoms with van der Waals surface area (Å²) in [7, 11) is -0.898. The van der Waals surface area contributed by atoms with Gasteiger partial charge < -0.3 is 5.32 Å². The summed E-state index contributed by atoms with van der Waals surface area (Å²) < 4.78 is 24.1. The number of sulfone groups is 1. The van der Waals surface area contributed by atoms with E-state index in [2.05, 4.69) is 12.2 Å². The lowest BCUT2D eigenvalue weighted by Crippen LogP contribution is -2.28. The molecular formula is C12H25NO2S. The summed E-state index contributed by atoms with van der Waals surface area (Å²) in [6, 6.07) is 0.418. The summed E-state index contributed by atoms with van der Waals surface area (Å²) in [5.74, 6) is 0.379. The topological polar surface area (TPSA) is 46.2 Å². The second-order valence-corrected chi connectivity index (χ2v) is 7.36. The molecule has 0 bridgehead atoms. The Morgan fingerprint density at radius 1 is 1.25 bits per heavy atom. The minimum atomic E-state index is -2.82. The van der Waals surface area contributed by atoms with Gasteiger partial charge in [-0.15, -0.1) is 0 Å². The first kappa shape index (κ1) is 14.0. The molecule has 1 N–H and O–H groups in total. The molecule has 0 aliphatic heterocycles. The van der Waals surface area contributed by atoms with Crippen molar-refractivity contribution >= 4 is 9.84 Å². The molecule has 0 aromatic carbocycles. The van der Waals surface area contributed by atoms with Crippen LogP contribution < -0.4 is 5.32 Å². The second kappa shape index (κ2) is 6.60. The lowest BCUT2D eigenvalue weighted by atomic mass is 10.0. The fraction of sp³-hybridized carbons (Fsp3) is 1.00. The van der Waals surface area contributed by atoms with Gasteiger partial charge in [-0.1, -0.05) is 19.3 Å². The monoisotopic (exact) mass is 247 g/mol. The van der Waals surface area contributed by atoms with Crippen LogP contribution >= 0.6 is 0 Å². The molecule has 0 amide bonds. The molecule has 96 valence electrons. The van der Waals surface area contributed by atoms with Crippen molar-refractivity contribution in [2.75, 3.05) is 12.8 Å². The molecule has 1 saturated carbocycles. The van der Waals surface area contributed by atoms with Crippen molar-refractivity contribution in [2.45, 2.75) is 63.2 Å². The minimum absolute atomic E-state index is 0.0360. The fourth-order valence-corrected chi connectivity index (χ4v) is 4.28. The van der Waals surface area contributed by atoms with E-state index in [1.807, 2.05) is 7.05 Å². The fourth-order valence-electron chi connectivity index (χ4n) is 2.33. The third-order valence-corrected chi connectivity index (χ3v) is 5.96. The first-order valence-corrected chi connectivity index (χ1v) is 8.16. The highest BCUT2D eigenvalue weighted by molar-refractivity contribution is 7.92. The summed E-state index contributed by atoms with van der Waals surface area (Å²) in [6.07, 6.45) is 6.92. The molecule has 16 heavy (non-hydrogen) atoms. The predicted octanol–water partition coefficient (Wildman–Crippen LogP) is 2.12. The molecule has 3 nitrogen and oxygen atoms in total. The van der Waals surface area contributed by atoms with Gasteiger partial charge in [0.25, 0.3) is 0 Å². The Morgan fingerprint density at radius 2 is 1.88 bits per heavy atom. The van der Waals surface area contributed by atoms with Gasteiger partial charge in [0.2, 0.25) is 0 Å². The molecule has 0 aromatic heterocycles. The standard InChI is InChI=1S/C12H25NO2S/c1-11(13-2)7-6-10-16(14,15)12-8-4-3-5-9-12/h11-13H,3-10H2,1-2H3. The quantitative estimate of drug-likeness (QED) is 0.782. The maximum Gasteiger partial charge on any atom is 0.153 e. The molecule has 0 spiro atoms. The molecule has 0 aromatic rings. The lowest BCUT2D eigenvalue weighted by molar-refractivity contribution is 0.480. The summed E-state index contributed by atoms with van der Waals surface area (Å²) in [5, 5.41) is 3.10. The van der Waals surface area contributed by atoms with E-state index in [0.717, 1.165) is 38.5 Å². The Kier molecular flexibility index (Phi) is 5.76. The summed E-state index contributed by atoms with van der Waals surface area (Å²) >= 11 is 0. The van der Waals surface area contributed by atoms with Crippen LogP contribution in [0.4, 0.5) is 0 Å². The van der Waals surface area contributed by atoms with Crippen molar-refractivity contribution in [1.29, 1.82) is 0 Å². The maximum atomic E-state index is 12.0. The summed E-state index contributed by atoms with van der Waals surface area (Å²) in [5.41, 5.74) is 0. The smallest absolute Gasteiger partial charge is 0.153 e. The van der Waals surface area contributed by atoms with E-state index in [1.54, 1.807) is 0 Å². The van der Waals surface area contributed by atoms with E-state index in [-0.39, 0.29) is 5.25 Å². The molecule has 0 heterocycles. The first-order valence-electron chi connectivity index (χ1n) is 6.45. The van der Waals surface area contributed by atoms with Crippen LogP contribution in [0.2, 0.25) is 0 Å². The van der Waals surface area contributed by atoms with Crippen molar-refractivity contribution in [1.82, 2.24) is 5.32 Å². The van der Waals surface area contributed by atoms with Crippen LogP contribution in [0.15, 0.2) is 0 Å². The molecule has 4 heteroatoms. The van der Waals surface area contributed by atoms with E-state index in [4.69, 9.17) is 0 Å². The number of hydrogen-bond donors (Lipinski definition) is 1. The summed E-state index contributed by atoms with van der Waals surface area (Å²) in [6.45, 7) is 2.09. The largest absolute Gasteiger partial charge is 0.317 e. The molecule has 0 saturated heterocycles. The van der Waals surface area contributed by atoms with Crippen LogP contribution in [-0.2, 0) is 9.84 Å². The van der Waals surface area contributed by atoms with Gasteiger partial charge in [-0.3, -0.25) is 0 Å². The van der Waals surface area contributed by atoms with E-state index in [1.165, 1.54) is 6.42 Å². The van der Waals surface area contributed by atoms with Gasteiger partial charge >= 0.3 is 0 Å². The van der Waals surface area contributed by atoms with Gasteiger partial charge in [0.05, 0.1) is 11.0 Å². The molecule has 1 unspecified atom stereocenters. The Balaban J connectivity index is 2.33. The van der Waals surface area contributed by atoms with E-state index in [0.29, 0.717) is 11.8 Å². The van der Waals surface area contributed by atoms with E-state index >= 15 is 0 Å². The average molecular weight is 247 g/mol. The highest BCUT2D eigenvalue weighted by atomic mass is 32.2. The zero-order valence-corrected chi connectivity index (χ0v) is 11.4. The summed E-state index contributed by atoms with van der Waals surface area (Å²) in [4.78, 5) is 0. The van der Waals surface area contributed by atoms with Gasteiger partial charge in [0.1, 0.15) is 0 Å². The SMILES string of the molecule is CNC(C)CCCS(=O)(=O)C1CCCCC1. The van der Waals surface area contributed by atoms with Gasteiger partial charge in [-0.05, 0) is 39.7 Å². The van der Waals surface area contributed by atoms with Crippen molar-refractivity contribution in [3.05, 3.63) is 0 Å². The van der Waals surface area contributed by atoms with Crippen LogP contribution in [0.3, 0.4) is 0 Å². The van der Waals surface area contributed by atoms with Gasteiger partial charge in [0.15, 0.2) is 9.84 Å². The highest BCUT2D eigenvalue weighted by Crippen LogP contribution is 2.24. The van der Waals surface area contributed by atoms with Crippen LogP contribution in [0, 0.1) is 0 Å². The van der Waals surface area contributed by atoms with Gasteiger partial charge in [-0.2, -0.15) is 0 Å². The van der Waals surface area contributed by atoms with Crippen molar-refractivity contribution in [2.24, 2.45) is 0 Å². The Bertz CT molecular complexity index is 281.